The normalized spacial score (nSPS) is 12.7. The van der Waals surface area contributed by atoms with Gasteiger partial charge in [0.1, 0.15) is 11.5 Å². The second-order valence-electron chi connectivity index (χ2n) is 5.34. The van der Waals surface area contributed by atoms with Gasteiger partial charge >= 0.3 is 6.18 Å². The van der Waals surface area contributed by atoms with Crippen molar-refractivity contribution in [1.82, 2.24) is 5.32 Å². The molecular formula is C19H18F3NO3. The number of rotatable bonds is 6. The lowest BCUT2D eigenvalue weighted by Crippen LogP contribution is -2.37. The minimum absolute atomic E-state index is 0.0382. The molecule has 0 aliphatic heterocycles. The molecule has 7 heteroatoms. The number of hydrogen-bond donors (Lipinski definition) is 1. The Morgan fingerprint density at radius 2 is 1.77 bits per heavy atom. The Bertz CT molecular complexity index is 773. The van der Waals surface area contributed by atoms with E-state index in [1.54, 1.807) is 24.3 Å². The Hall–Kier alpha value is -2.96. The van der Waals surface area contributed by atoms with Crippen LogP contribution in [0.25, 0.3) is 6.08 Å². The van der Waals surface area contributed by atoms with Crippen LogP contribution in [0, 0.1) is 0 Å². The van der Waals surface area contributed by atoms with E-state index < -0.39 is 18.1 Å². The lowest BCUT2D eigenvalue weighted by Gasteiger charge is -2.21. The quantitative estimate of drug-likeness (QED) is 0.783. The summed E-state index contributed by atoms with van der Waals surface area (Å²) in [4.78, 5) is 12.0. The number of amides is 1. The van der Waals surface area contributed by atoms with Crippen molar-refractivity contribution < 1.29 is 27.4 Å². The van der Waals surface area contributed by atoms with Crippen LogP contribution in [0.1, 0.15) is 17.2 Å². The summed E-state index contributed by atoms with van der Waals surface area (Å²) in [6, 6.07) is 10.0. The van der Waals surface area contributed by atoms with Gasteiger partial charge in [-0.15, -0.1) is 0 Å². The Balaban J connectivity index is 2.17. The molecule has 0 bridgehead atoms. The topological polar surface area (TPSA) is 47.6 Å². The van der Waals surface area contributed by atoms with Crippen LogP contribution in [-0.4, -0.2) is 26.3 Å². The van der Waals surface area contributed by atoms with Gasteiger partial charge in [-0.25, -0.2) is 0 Å². The van der Waals surface area contributed by atoms with Gasteiger partial charge in [-0.05, 0) is 23.8 Å². The van der Waals surface area contributed by atoms with E-state index >= 15 is 0 Å². The first kappa shape index (κ1) is 19.4. The number of alkyl halides is 3. The van der Waals surface area contributed by atoms with E-state index in [1.165, 1.54) is 44.6 Å². The smallest absolute Gasteiger partial charge is 0.412 e. The summed E-state index contributed by atoms with van der Waals surface area (Å²) >= 11 is 0. The van der Waals surface area contributed by atoms with Crippen LogP contribution < -0.4 is 14.8 Å². The number of methoxy groups -OCH3 is 2. The molecule has 0 unspecified atom stereocenters. The molecule has 2 rings (SSSR count). The van der Waals surface area contributed by atoms with Crippen LogP contribution in [0.15, 0.2) is 54.6 Å². The molecule has 26 heavy (non-hydrogen) atoms. The SMILES string of the molecule is COc1ccc(/C=C\C(=O)N[C@H](c2ccccc2)C(F)(F)F)c(OC)c1. The molecule has 0 aliphatic carbocycles. The van der Waals surface area contributed by atoms with E-state index in [-0.39, 0.29) is 5.56 Å². The first-order valence-corrected chi connectivity index (χ1v) is 7.67. The van der Waals surface area contributed by atoms with Crippen LogP contribution in [-0.2, 0) is 4.79 Å². The molecule has 2 aromatic rings. The van der Waals surface area contributed by atoms with Crippen LogP contribution in [0.2, 0.25) is 0 Å². The third-order valence-electron chi connectivity index (χ3n) is 3.60. The number of carbonyl (C=O) groups excluding carboxylic acids is 1. The molecule has 138 valence electrons. The first-order valence-electron chi connectivity index (χ1n) is 7.67. The zero-order valence-electron chi connectivity index (χ0n) is 14.2. The molecule has 0 radical (unpaired) electrons. The van der Waals surface area contributed by atoms with E-state index in [0.717, 1.165) is 6.08 Å². The van der Waals surface area contributed by atoms with E-state index in [9.17, 15) is 18.0 Å². The van der Waals surface area contributed by atoms with Crippen LogP contribution >= 0.6 is 0 Å². The number of benzene rings is 2. The lowest BCUT2D eigenvalue weighted by atomic mass is 10.1. The highest BCUT2D eigenvalue weighted by Crippen LogP contribution is 2.32. The van der Waals surface area contributed by atoms with E-state index in [2.05, 4.69) is 0 Å². The summed E-state index contributed by atoms with van der Waals surface area (Å²) in [5.41, 5.74) is 0.496. The van der Waals surface area contributed by atoms with Gasteiger partial charge < -0.3 is 14.8 Å². The number of halogens is 3. The van der Waals surface area contributed by atoms with Crippen molar-refractivity contribution in [2.24, 2.45) is 0 Å². The second kappa shape index (κ2) is 8.42. The van der Waals surface area contributed by atoms with Gasteiger partial charge in [0.2, 0.25) is 5.91 Å². The minimum Gasteiger partial charge on any atom is -0.497 e. The molecule has 0 aromatic heterocycles. The maximum Gasteiger partial charge on any atom is 0.412 e. The van der Waals surface area contributed by atoms with Crippen molar-refractivity contribution in [3.63, 3.8) is 0 Å². The van der Waals surface area contributed by atoms with Crippen molar-refractivity contribution >= 4 is 12.0 Å². The van der Waals surface area contributed by atoms with Crippen molar-refractivity contribution in [2.75, 3.05) is 14.2 Å². The highest BCUT2D eigenvalue weighted by molar-refractivity contribution is 5.92. The molecule has 0 aliphatic rings. The van der Waals surface area contributed by atoms with Crippen LogP contribution in [0.3, 0.4) is 0 Å². The largest absolute Gasteiger partial charge is 0.497 e. The maximum absolute atomic E-state index is 13.3. The molecule has 0 saturated heterocycles. The average molecular weight is 365 g/mol. The molecule has 2 aromatic carbocycles. The summed E-state index contributed by atoms with van der Waals surface area (Å²) in [6.07, 6.45) is -2.19. The van der Waals surface area contributed by atoms with Gasteiger partial charge in [0, 0.05) is 17.7 Å². The van der Waals surface area contributed by atoms with E-state index in [1.807, 2.05) is 5.32 Å². The van der Waals surface area contributed by atoms with Gasteiger partial charge in [-0.2, -0.15) is 13.2 Å². The predicted molar refractivity (Wildman–Crippen MR) is 92.0 cm³/mol. The molecule has 0 saturated carbocycles. The Labute approximate surface area is 149 Å². The first-order chi connectivity index (χ1) is 12.3. The summed E-state index contributed by atoms with van der Waals surface area (Å²) in [5, 5.41) is 1.99. The van der Waals surface area contributed by atoms with Crippen molar-refractivity contribution in [3.05, 3.63) is 65.7 Å². The molecule has 0 heterocycles. The van der Waals surface area contributed by atoms with Gasteiger partial charge in [-0.3, -0.25) is 4.79 Å². The van der Waals surface area contributed by atoms with Gasteiger partial charge in [-0.1, -0.05) is 30.3 Å². The fraction of sp³-hybridized carbons (Fsp3) is 0.211. The standard InChI is InChI=1S/C19H18F3NO3/c1-25-15-10-8-13(16(12-15)26-2)9-11-17(24)23-18(19(20,21)22)14-6-4-3-5-7-14/h3-12,18H,1-2H3,(H,23,24)/b11-9-/t18-/m1/s1. The molecular weight excluding hydrogens is 347 g/mol. The van der Waals surface area contributed by atoms with E-state index in [0.29, 0.717) is 17.1 Å². The third kappa shape index (κ3) is 5.02. The highest BCUT2D eigenvalue weighted by atomic mass is 19.4. The van der Waals surface area contributed by atoms with Gasteiger partial charge in [0.05, 0.1) is 14.2 Å². The van der Waals surface area contributed by atoms with Crippen molar-refractivity contribution in [2.45, 2.75) is 12.2 Å². The van der Waals surface area contributed by atoms with Crippen molar-refractivity contribution in [3.8, 4) is 11.5 Å². The fourth-order valence-electron chi connectivity index (χ4n) is 2.31. The van der Waals surface area contributed by atoms with E-state index in [4.69, 9.17) is 9.47 Å². The summed E-state index contributed by atoms with van der Waals surface area (Å²) < 4.78 is 50.0. The number of ether oxygens (including phenoxy) is 2. The second-order valence-corrected chi connectivity index (χ2v) is 5.34. The Morgan fingerprint density at radius 1 is 1.08 bits per heavy atom. The molecule has 1 amide bonds. The maximum atomic E-state index is 13.3. The number of hydrogen-bond acceptors (Lipinski definition) is 3. The molecule has 0 fully saturated rings. The molecule has 1 atom stereocenters. The zero-order valence-corrected chi connectivity index (χ0v) is 14.2. The van der Waals surface area contributed by atoms with Gasteiger partial charge in [0.15, 0.2) is 6.04 Å². The Kier molecular flexibility index (Phi) is 6.27. The molecule has 4 nitrogen and oxygen atoms in total. The Morgan fingerprint density at radius 3 is 2.35 bits per heavy atom. The average Bonchev–Trinajstić information content (AvgIpc) is 2.64. The number of carbonyl (C=O) groups is 1. The summed E-state index contributed by atoms with van der Waals surface area (Å²) in [7, 11) is 2.94. The summed E-state index contributed by atoms with van der Waals surface area (Å²) in [6.45, 7) is 0. The van der Waals surface area contributed by atoms with Gasteiger partial charge in [0.25, 0.3) is 0 Å². The molecule has 0 spiro atoms. The van der Waals surface area contributed by atoms with Crippen LogP contribution in [0.4, 0.5) is 13.2 Å². The van der Waals surface area contributed by atoms with Crippen molar-refractivity contribution in [1.29, 1.82) is 0 Å². The third-order valence-corrected chi connectivity index (χ3v) is 3.60. The minimum atomic E-state index is -4.61. The highest BCUT2D eigenvalue weighted by Gasteiger charge is 2.41. The molecule has 1 N–H and O–H groups in total. The lowest BCUT2D eigenvalue weighted by molar-refractivity contribution is -0.162. The summed E-state index contributed by atoms with van der Waals surface area (Å²) in [5.74, 6) is 0.127. The monoisotopic (exact) mass is 365 g/mol. The zero-order chi connectivity index (χ0) is 19.2. The predicted octanol–water partition coefficient (Wildman–Crippen LogP) is 4.14. The van der Waals surface area contributed by atoms with Crippen LogP contribution in [0.5, 0.6) is 11.5 Å². The fourth-order valence-corrected chi connectivity index (χ4v) is 2.31. The number of nitrogens with one attached hydrogen (secondary N) is 1.